The molecule has 0 radical (unpaired) electrons. The lowest BCUT2D eigenvalue weighted by molar-refractivity contribution is 0.587. The van der Waals surface area contributed by atoms with E-state index < -0.39 is 5.95 Å². The Morgan fingerprint density at radius 1 is 1.00 bits per heavy atom. The third kappa shape index (κ3) is 5.82. The molecule has 2 N–H and O–H groups in total. The average Bonchev–Trinajstić information content (AvgIpc) is 2.95. The van der Waals surface area contributed by atoms with Gasteiger partial charge in [0.2, 0.25) is 11.9 Å². The van der Waals surface area contributed by atoms with Crippen LogP contribution in [0.15, 0.2) is 77.9 Å². The highest BCUT2D eigenvalue weighted by molar-refractivity contribution is 6.33. The molecular formula is C30H28ClFN6O. The summed E-state index contributed by atoms with van der Waals surface area (Å²) in [6.45, 7) is 4.09. The van der Waals surface area contributed by atoms with Crippen LogP contribution in [0.25, 0.3) is 33.3 Å². The van der Waals surface area contributed by atoms with Crippen molar-refractivity contribution in [3.63, 3.8) is 0 Å². The molecule has 0 saturated heterocycles. The maximum absolute atomic E-state index is 14.1. The van der Waals surface area contributed by atoms with Gasteiger partial charge in [-0.2, -0.15) is 9.37 Å². The lowest BCUT2D eigenvalue weighted by Crippen LogP contribution is -2.20. The molecule has 5 rings (SSSR count). The average molecular weight is 543 g/mol. The summed E-state index contributed by atoms with van der Waals surface area (Å²) in [6, 6.07) is 18.3. The zero-order chi connectivity index (χ0) is 27.4. The summed E-state index contributed by atoms with van der Waals surface area (Å²) >= 11 is 6.57. The van der Waals surface area contributed by atoms with Gasteiger partial charge >= 0.3 is 0 Å². The van der Waals surface area contributed by atoms with Gasteiger partial charge in [0, 0.05) is 52.2 Å². The normalized spacial score (nSPS) is 11.2. The van der Waals surface area contributed by atoms with Gasteiger partial charge in [-0.15, -0.1) is 0 Å². The van der Waals surface area contributed by atoms with Crippen molar-refractivity contribution in [2.24, 2.45) is 7.05 Å². The number of rotatable bonds is 9. The number of nitrogens with one attached hydrogen (secondary N) is 2. The van der Waals surface area contributed by atoms with Crippen LogP contribution in [0.1, 0.15) is 18.9 Å². The van der Waals surface area contributed by atoms with Gasteiger partial charge in [0.1, 0.15) is 5.65 Å². The number of fused-ring (bicyclic) bond motifs is 1. The van der Waals surface area contributed by atoms with Crippen molar-refractivity contribution in [2.45, 2.75) is 19.8 Å². The minimum Gasteiger partial charge on any atom is -0.324 e. The van der Waals surface area contributed by atoms with Crippen molar-refractivity contribution < 1.29 is 4.39 Å². The van der Waals surface area contributed by atoms with E-state index in [4.69, 9.17) is 11.6 Å². The standard InChI is InChI=1S/C30H28ClFN6O/c1-3-33-14-4-6-19-8-11-22(12-9-19)36-30-35-18-21-16-25(29(39)38(2)28(21)37-30)24-13-10-20(17-26(24)31)23-7-5-15-34-27(23)32/h5,7-13,15-18,33H,3-4,6,14H2,1-2H3,(H,35,36,37). The Morgan fingerprint density at radius 3 is 2.56 bits per heavy atom. The van der Waals surface area contributed by atoms with Crippen LogP contribution in [-0.2, 0) is 13.5 Å². The molecule has 0 fully saturated rings. The Labute approximate surface area is 230 Å². The predicted molar refractivity (Wildman–Crippen MR) is 155 cm³/mol. The molecule has 5 aromatic rings. The number of benzene rings is 2. The monoisotopic (exact) mass is 542 g/mol. The molecule has 7 nitrogen and oxygen atoms in total. The summed E-state index contributed by atoms with van der Waals surface area (Å²) in [5.74, 6) is -0.188. The van der Waals surface area contributed by atoms with Gasteiger partial charge in [0.15, 0.2) is 0 Å². The van der Waals surface area contributed by atoms with Crippen molar-refractivity contribution in [1.29, 1.82) is 0 Å². The number of hydrogen-bond donors (Lipinski definition) is 2. The lowest BCUT2D eigenvalue weighted by Gasteiger charge is -2.12. The zero-order valence-corrected chi connectivity index (χ0v) is 22.5. The lowest BCUT2D eigenvalue weighted by atomic mass is 10.0. The maximum atomic E-state index is 14.1. The summed E-state index contributed by atoms with van der Waals surface area (Å²) in [4.78, 5) is 26.1. The van der Waals surface area contributed by atoms with Crippen LogP contribution in [0.5, 0.6) is 0 Å². The molecule has 198 valence electrons. The van der Waals surface area contributed by atoms with Gasteiger partial charge in [0.25, 0.3) is 5.56 Å². The highest BCUT2D eigenvalue weighted by Gasteiger charge is 2.15. The van der Waals surface area contributed by atoms with Crippen LogP contribution in [0, 0.1) is 5.95 Å². The quantitative estimate of drug-likeness (QED) is 0.172. The minimum atomic E-state index is -0.583. The van der Waals surface area contributed by atoms with Crippen LogP contribution < -0.4 is 16.2 Å². The van der Waals surface area contributed by atoms with Crippen LogP contribution in [0.2, 0.25) is 5.02 Å². The summed E-state index contributed by atoms with van der Waals surface area (Å²) in [5.41, 5.74) is 4.23. The smallest absolute Gasteiger partial charge is 0.259 e. The van der Waals surface area contributed by atoms with Gasteiger partial charge in [-0.1, -0.05) is 42.8 Å². The molecule has 3 heterocycles. The second-order valence-corrected chi connectivity index (χ2v) is 9.62. The van der Waals surface area contributed by atoms with Crippen molar-refractivity contribution >= 4 is 34.3 Å². The first kappa shape index (κ1) is 26.5. The summed E-state index contributed by atoms with van der Waals surface area (Å²) in [7, 11) is 1.67. The van der Waals surface area contributed by atoms with Crippen molar-refractivity contribution in [3.05, 3.63) is 99.9 Å². The van der Waals surface area contributed by atoms with E-state index in [9.17, 15) is 9.18 Å². The Balaban J connectivity index is 1.39. The molecule has 2 aromatic carbocycles. The summed E-state index contributed by atoms with van der Waals surface area (Å²) in [6.07, 6.45) is 5.16. The molecule has 39 heavy (non-hydrogen) atoms. The van der Waals surface area contributed by atoms with Gasteiger partial charge in [0.05, 0.1) is 0 Å². The Bertz CT molecular complexity index is 1690. The Hall–Kier alpha value is -4.14. The fraction of sp³-hybridized carbons (Fsp3) is 0.200. The molecule has 0 spiro atoms. The van der Waals surface area contributed by atoms with E-state index in [-0.39, 0.29) is 5.56 Å². The molecule has 0 aliphatic rings. The van der Waals surface area contributed by atoms with E-state index in [1.165, 1.54) is 16.3 Å². The fourth-order valence-corrected chi connectivity index (χ4v) is 4.76. The molecule has 3 aromatic heterocycles. The largest absolute Gasteiger partial charge is 0.324 e. The van der Waals surface area contributed by atoms with Crippen molar-refractivity contribution in [1.82, 2.24) is 24.8 Å². The molecule has 0 aliphatic carbocycles. The topological polar surface area (TPSA) is 84.7 Å². The first-order valence-corrected chi connectivity index (χ1v) is 13.2. The van der Waals surface area contributed by atoms with Crippen molar-refractivity contribution in [3.8, 4) is 22.3 Å². The minimum absolute atomic E-state index is 0.253. The second-order valence-electron chi connectivity index (χ2n) is 9.21. The summed E-state index contributed by atoms with van der Waals surface area (Å²) < 4.78 is 15.6. The summed E-state index contributed by atoms with van der Waals surface area (Å²) in [5, 5.41) is 7.58. The van der Waals surface area contributed by atoms with Crippen LogP contribution >= 0.6 is 11.6 Å². The molecule has 0 amide bonds. The fourth-order valence-electron chi connectivity index (χ4n) is 4.48. The Kier molecular flexibility index (Phi) is 7.95. The third-order valence-electron chi connectivity index (χ3n) is 6.56. The van der Waals surface area contributed by atoms with Crippen LogP contribution in [0.3, 0.4) is 0 Å². The number of halogens is 2. The maximum Gasteiger partial charge on any atom is 0.259 e. The van der Waals surface area contributed by atoms with E-state index in [0.717, 1.165) is 31.6 Å². The molecule has 0 atom stereocenters. The molecule has 0 saturated carbocycles. The molecule has 0 bridgehead atoms. The molecule has 9 heteroatoms. The van der Waals surface area contributed by atoms with Crippen LogP contribution in [-0.4, -0.2) is 32.6 Å². The number of pyridine rings is 2. The van der Waals surface area contributed by atoms with E-state index in [2.05, 4.69) is 44.6 Å². The highest BCUT2D eigenvalue weighted by atomic mass is 35.5. The van der Waals surface area contributed by atoms with Gasteiger partial charge in [-0.25, -0.2) is 9.97 Å². The van der Waals surface area contributed by atoms with E-state index in [0.29, 0.717) is 44.3 Å². The highest BCUT2D eigenvalue weighted by Crippen LogP contribution is 2.32. The first-order chi connectivity index (χ1) is 18.9. The molecule has 0 unspecified atom stereocenters. The number of anilines is 2. The van der Waals surface area contributed by atoms with Gasteiger partial charge in [-0.05, 0) is 73.5 Å². The SMILES string of the molecule is CCNCCCc1ccc(Nc2ncc3cc(-c4ccc(-c5cccnc5F)cc4Cl)c(=O)n(C)c3n2)cc1. The van der Waals surface area contributed by atoms with Crippen molar-refractivity contribution in [2.75, 3.05) is 18.4 Å². The number of aromatic nitrogens is 4. The third-order valence-corrected chi connectivity index (χ3v) is 6.87. The second kappa shape index (κ2) is 11.7. The van der Waals surface area contributed by atoms with E-state index in [1.54, 1.807) is 49.6 Å². The van der Waals surface area contributed by atoms with Gasteiger partial charge < -0.3 is 10.6 Å². The zero-order valence-electron chi connectivity index (χ0n) is 21.7. The van der Waals surface area contributed by atoms with E-state index in [1.807, 2.05) is 12.1 Å². The Morgan fingerprint density at radius 2 is 1.82 bits per heavy atom. The van der Waals surface area contributed by atoms with Crippen LogP contribution in [0.4, 0.5) is 16.0 Å². The predicted octanol–water partition coefficient (Wildman–Crippen LogP) is 6.14. The molecule has 0 aliphatic heterocycles. The number of aryl methyl sites for hydroxylation is 2. The van der Waals surface area contributed by atoms with Gasteiger partial charge in [-0.3, -0.25) is 9.36 Å². The van der Waals surface area contributed by atoms with E-state index >= 15 is 0 Å². The molecular weight excluding hydrogens is 515 g/mol. The number of hydrogen-bond acceptors (Lipinski definition) is 6. The number of nitrogens with zero attached hydrogens (tertiary/aromatic N) is 4. The first-order valence-electron chi connectivity index (χ1n) is 12.8.